The number of piperidine rings is 1. The van der Waals surface area contributed by atoms with Crippen LogP contribution in [-0.4, -0.2) is 36.9 Å². The van der Waals surface area contributed by atoms with Crippen molar-refractivity contribution in [1.82, 2.24) is 4.90 Å². The van der Waals surface area contributed by atoms with Crippen molar-refractivity contribution in [3.05, 3.63) is 29.3 Å². The number of rotatable bonds is 4. The topological polar surface area (TPSA) is 29.5 Å². The van der Waals surface area contributed by atoms with Gasteiger partial charge in [-0.15, -0.1) is 0 Å². The summed E-state index contributed by atoms with van der Waals surface area (Å²) in [5.74, 6) is 3.64. The van der Waals surface area contributed by atoms with Gasteiger partial charge in [0.05, 0.1) is 7.11 Å². The highest BCUT2D eigenvalue weighted by Gasteiger charge is 2.43. The summed E-state index contributed by atoms with van der Waals surface area (Å²) in [4.78, 5) is 15.5. The predicted molar refractivity (Wildman–Crippen MR) is 110 cm³/mol. The lowest BCUT2D eigenvalue weighted by Crippen LogP contribution is -2.43. The van der Waals surface area contributed by atoms with E-state index < -0.39 is 0 Å². The molecule has 148 valence electrons. The molecule has 2 saturated carbocycles. The van der Waals surface area contributed by atoms with Crippen LogP contribution in [0.1, 0.15) is 81.1 Å². The third-order valence-electron chi connectivity index (χ3n) is 7.31. The molecule has 0 N–H and O–H groups in total. The fourth-order valence-electron chi connectivity index (χ4n) is 5.83. The van der Waals surface area contributed by atoms with E-state index in [9.17, 15) is 4.79 Å². The summed E-state index contributed by atoms with van der Waals surface area (Å²) >= 11 is 0. The molecule has 3 aliphatic rings. The van der Waals surface area contributed by atoms with E-state index in [-0.39, 0.29) is 11.2 Å². The molecular formula is C24H35NO2. The molecule has 2 bridgehead atoms. The van der Waals surface area contributed by atoms with Crippen molar-refractivity contribution in [2.75, 3.05) is 20.2 Å². The van der Waals surface area contributed by atoms with E-state index in [0.29, 0.717) is 5.92 Å². The first-order valence-electron chi connectivity index (χ1n) is 10.8. The van der Waals surface area contributed by atoms with Gasteiger partial charge in [0.1, 0.15) is 5.75 Å². The van der Waals surface area contributed by atoms with Gasteiger partial charge in [-0.3, -0.25) is 4.79 Å². The molecule has 1 aromatic rings. The molecule has 3 heteroatoms. The Hall–Kier alpha value is -1.35. The van der Waals surface area contributed by atoms with Crippen LogP contribution in [0.3, 0.4) is 0 Å². The maximum Gasteiger partial charge on any atom is 0.168 e. The van der Waals surface area contributed by atoms with Crippen LogP contribution in [-0.2, 0) is 0 Å². The van der Waals surface area contributed by atoms with E-state index in [0.717, 1.165) is 29.2 Å². The monoisotopic (exact) mass is 369 g/mol. The number of likely N-dealkylation sites (tertiary alicyclic amines) is 1. The minimum absolute atomic E-state index is 0.214. The number of hydrogen-bond donors (Lipinski definition) is 0. The second kappa shape index (κ2) is 7.24. The number of Topliss-reactive ketones (excluding diaryl/α,β-unsaturated/α-hetero) is 1. The molecule has 1 saturated heterocycles. The lowest BCUT2D eigenvalue weighted by Gasteiger charge is -2.40. The normalized spacial score (nSPS) is 29.3. The lowest BCUT2D eigenvalue weighted by atomic mass is 9.82. The van der Waals surface area contributed by atoms with Crippen molar-refractivity contribution in [2.45, 2.75) is 71.3 Å². The number of methoxy groups -OCH3 is 1. The lowest BCUT2D eigenvalue weighted by molar-refractivity contribution is 0.0858. The van der Waals surface area contributed by atoms with Gasteiger partial charge in [-0.05, 0) is 86.7 Å². The first-order chi connectivity index (χ1) is 12.9. The highest BCUT2D eigenvalue weighted by Crippen LogP contribution is 2.48. The Morgan fingerprint density at radius 1 is 1.07 bits per heavy atom. The summed E-state index contributed by atoms with van der Waals surface area (Å²) in [6.07, 6.45) is 8.21. The molecule has 3 atom stereocenters. The number of nitrogens with zero attached hydrogens (tertiary/aromatic N) is 1. The number of carbonyl (C=O) groups excluding carboxylic acids is 1. The molecule has 0 spiro atoms. The van der Waals surface area contributed by atoms with Gasteiger partial charge in [0, 0.05) is 17.0 Å². The van der Waals surface area contributed by atoms with Gasteiger partial charge in [-0.1, -0.05) is 27.2 Å². The van der Waals surface area contributed by atoms with Crippen molar-refractivity contribution in [1.29, 1.82) is 0 Å². The zero-order chi connectivity index (χ0) is 19.2. The highest BCUT2D eigenvalue weighted by atomic mass is 16.5. The van der Waals surface area contributed by atoms with E-state index in [4.69, 9.17) is 4.74 Å². The second-order valence-corrected chi connectivity index (χ2v) is 10.1. The van der Waals surface area contributed by atoms with E-state index in [2.05, 4.69) is 11.0 Å². The van der Waals surface area contributed by atoms with Gasteiger partial charge in [0.2, 0.25) is 0 Å². The average Bonchev–Trinajstić information content (AvgIpc) is 3.30. The number of fused-ring (bicyclic) bond motifs is 2. The molecule has 3 nitrogen and oxygen atoms in total. The Kier molecular flexibility index (Phi) is 5.09. The van der Waals surface area contributed by atoms with Crippen molar-refractivity contribution in [3.63, 3.8) is 0 Å². The standard InChI is InChI=1S/C24H35NO2/c1-24(2,3)23(26)19-7-8-22(27-4)20(15-19)17-9-11-25(12-10-17)21-14-16-5-6-18(21)13-16/h7-8,15-18,21H,5-6,9-14H2,1-4H3/t16-,18-,21-/m0/s1. The largest absolute Gasteiger partial charge is 0.496 e. The van der Waals surface area contributed by atoms with Crippen molar-refractivity contribution < 1.29 is 9.53 Å². The van der Waals surface area contributed by atoms with Gasteiger partial charge >= 0.3 is 0 Å². The second-order valence-electron chi connectivity index (χ2n) is 10.1. The first-order valence-corrected chi connectivity index (χ1v) is 10.8. The summed E-state index contributed by atoms with van der Waals surface area (Å²) in [5.41, 5.74) is 1.71. The number of ether oxygens (including phenoxy) is 1. The molecule has 2 aliphatic carbocycles. The molecule has 0 amide bonds. The van der Waals surface area contributed by atoms with Gasteiger partial charge < -0.3 is 9.64 Å². The van der Waals surface area contributed by atoms with Crippen molar-refractivity contribution in [2.24, 2.45) is 17.3 Å². The maximum atomic E-state index is 12.8. The van der Waals surface area contributed by atoms with Crippen LogP contribution in [0.15, 0.2) is 18.2 Å². The first kappa shape index (κ1) is 19.0. The average molecular weight is 370 g/mol. The van der Waals surface area contributed by atoms with Crippen LogP contribution < -0.4 is 4.74 Å². The van der Waals surface area contributed by atoms with Crippen LogP contribution in [0.5, 0.6) is 5.75 Å². The molecular weight excluding hydrogens is 334 g/mol. The quantitative estimate of drug-likeness (QED) is 0.675. The molecule has 0 aromatic heterocycles. The zero-order valence-corrected chi connectivity index (χ0v) is 17.5. The third-order valence-corrected chi connectivity index (χ3v) is 7.31. The van der Waals surface area contributed by atoms with E-state index in [1.54, 1.807) is 7.11 Å². The van der Waals surface area contributed by atoms with E-state index in [1.807, 2.05) is 32.9 Å². The van der Waals surface area contributed by atoms with Crippen LogP contribution in [0.25, 0.3) is 0 Å². The van der Waals surface area contributed by atoms with E-state index >= 15 is 0 Å². The van der Waals surface area contributed by atoms with Crippen LogP contribution in [0, 0.1) is 17.3 Å². The molecule has 1 aliphatic heterocycles. The van der Waals surface area contributed by atoms with Crippen molar-refractivity contribution >= 4 is 5.78 Å². The molecule has 4 rings (SSSR count). The van der Waals surface area contributed by atoms with Crippen LogP contribution >= 0.6 is 0 Å². The molecule has 1 aromatic carbocycles. The Labute approximate surface area is 164 Å². The molecule has 0 unspecified atom stereocenters. The maximum absolute atomic E-state index is 12.8. The number of ketones is 1. The summed E-state index contributed by atoms with van der Waals surface area (Å²) < 4.78 is 5.66. The predicted octanol–water partition coefficient (Wildman–Crippen LogP) is 5.29. The SMILES string of the molecule is COc1ccc(C(=O)C(C)(C)C)cc1C1CCN([C@H]2C[C@H]3CC[C@H]2C3)CC1. The van der Waals surface area contributed by atoms with Crippen LogP contribution in [0.2, 0.25) is 0 Å². The fourth-order valence-corrected chi connectivity index (χ4v) is 5.83. The van der Waals surface area contributed by atoms with E-state index in [1.165, 1.54) is 57.2 Å². The Balaban J connectivity index is 1.48. The fraction of sp³-hybridized carbons (Fsp3) is 0.708. The van der Waals surface area contributed by atoms with Gasteiger partial charge in [-0.25, -0.2) is 0 Å². The Morgan fingerprint density at radius 2 is 1.81 bits per heavy atom. The minimum atomic E-state index is -0.350. The summed E-state index contributed by atoms with van der Waals surface area (Å²) in [6.45, 7) is 8.37. The molecule has 3 fully saturated rings. The molecule has 27 heavy (non-hydrogen) atoms. The van der Waals surface area contributed by atoms with Gasteiger partial charge in [0.15, 0.2) is 5.78 Å². The molecule has 0 radical (unpaired) electrons. The summed E-state index contributed by atoms with van der Waals surface area (Å²) in [6, 6.07) is 6.89. The Morgan fingerprint density at radius 3 is 2.37 bits per heavy atom. The van der Waals surface area contributed by atoms with Gasteiger partial charge in [0.25, 0.3) is 0 Å². The van der Waals surface area contributed by atoms with Crippen molar-refractivity contribution in [3.8, 4) is 5.75 Å². The van der Waals surface area contributed by atoms with Crippen LogP contribution in [0.4, 0.5) is 0 Å². The zero-order valence-electron chi connectivity index (χ0n) is 17.5. The number of hydrogen-bond acceptors (Lipinski definition) is 3. The number of benzene rings is 1. The Bertz CT molecular complexity index is 697. The highest BCUT2D eigenvalue weighted by molar-refractivity contribution is 6.00. The minimum Gasteiger partial charge on any atom is -0.496 e. The third kappa shape index (κ3) is 3.68. The summed E-state index contributed by atoms with van der Waals surface area (Å²) in [7, 11) is 1.74. The molecule has 1 heterocycles. The number of carbonyl (C=O) groups is 1. The smallest absolute Gasteiger partial charge is 0.168 e. The summed E-state index contributed by atoms with van der Waals surface area (Å²) in [5, 5.41) is 0. The van der Waals surface area contributed by atoms with Gasteiger partial charge in [-0.2, -0.15) is 0 Å².